The fourth-order valence-corrected chi connectivity index (χ4v) is 4.88. The maximum atomic E-state index is 13.2. The van der Waals surface area contributed by atoms with E-state index in [-0.39, 0.29) is 22.3 Å². The molecule has 0 aliphatic rings. The Morgan fingerprint density at radius 1 is 0.974 bits per heavy atom. The highest BCUT2D eigenvalue weighted by molar-refractivity contribution is 5.93. The van der Waals surface area contributed by atoms with Gasteiger partial charge in [-0.2, -0.15) is 13.2 Å². The van der Waals surface area contributed by atoms with E-state index in [4.69, 9.17) is 9.72 Å². The zero-order valence-electron chi connectivity index (χ0n) is 22.4. The summed E-state index contributed by atoms with van der Waals surface area (Å²) < 4.78 is 47.2. The first-order chi connectivity index (χ1) is 17.6. The van der Waals surface area contributed by atoms with Crippen molar-refractivity contribution in [3.63, 3.8) is 0 Å². The third-order valence-electron chi connectivity index (χ3n) is 5.98. The van der Waals surface area contributed by atoms with E-state index in [9.17, 15) is 18.0 Å². The monoisotopic (exact) mass is 523 g/mol. The molecule has 38 heavy (non-hydrogen) atoms. The van der Waals surface area contributed by atoms with E-state index in [1.165, 1.54) is 12.1 Å². The van der Waals surface area contributed by atoms with E-state index < -0.39 is 17.7 Å². The lowest BCUT2D eigenvalue weighted by Crippen LogP contribution is -2.36. The summed E-state index contributed by atoms with van der Waals surface area (Å²) in [5.41, 5.74) is 1.53. The van der Waals surface area contributed by atoms with Crippen molar-refractivity contribution in [2.45, 2.75) is 59.7 Å². The number of carbonyl (C=O) groups is 1. The standard InChI is InChI=1S/C30H32F3N3O2/c1-19-14-15-36-24(16-19)34-25(26(36)35-29(5,6)18-28(2,3)4)22-12-7-8-13-23(22)38-27(37)20-10-9-11-21(17-20)30(31,32)33/h7-17,35H,18H2,1-6H3. The molecule has 1 N–H and O–H groups in total. The maximum Gasteiger partial charge on any atom is 0.416 e. The number of carbonyl (C=O) groups excluding carboxylic acids is 1. The van der Waals surface area contributed by atoms with Crippen LogP contribution in [-0.2, 0) is 6.18 Å². The number of alkyl halides is 3. The quantitative estimate of drug-likeness (QED) is 0.205. The number of ether oxygens (including phenoxy) is 1. The molecule has 0 saturated carbocycles. The van der Waals surface area contributed by atoms with Crippen molar-refractivity contribution < 1.29 is 22.7 Å². The van der Waals surface area contributed by atoms with E-state index in [0.717, 1.165) is 29.9 Å². The zero-order chi connectivity index (χ0) is 27.9. The van der Waals surface area contributed by atoms with Gasteiger partial charge in [-0.05, 0) is 80.6 Å². The lowest BCUT2D eigenvalue weighted by molar-refractivity contribution is -0.137. The molecule has 0 amide bonds. The molecule has 200 valence electrons. The highest BCUT2D eigenvalue weighted by atomic mass is 19.4. The first-order valence-electron chi connectivity index (χ1n) is 12.4. The Balaban J connectivity index is 1.78. The molecule has 8 heteroatoms. The number of aromatic nitrogens is 2. The number of nitrogens with zero attached hydrogens (tertiary/aromatic N) is 2. The molecule has 0 spiro atoms. The molecule has 5 nitrogen and oxygen atoms in total. The number of rotatable bonds is 6. The molecule has 0 unspecified atom stereocenters. The highest BCUT2D eigenvalue weighted by Gasteiger charge is 2.32. The summed E-state index contributed by atoms with van der Waals surface area (Å²) in [6.45, 7) is 12.8. The van der Waals surface area contributed by atoms with Gasteiger partial charge in [0.2, 0.25) is 0 Å². The number of pyridine rings is 1. The predicted molar refractivity (Wildman–Crippen MR) is 144 cm³/mol. The molecule has 0 bridgehead atoms. The summed E-state index contributed by atoms with van der Waals surface area (Å²) in [6.07, 6.45) is -1.76. The third-order valence-corrected chi connectivity index (χ3v) is 5.98. The van der Waals surface area contributed by atoms with E-state index in [1.54, 1.807) is 24.3 Å². The molecule has 0 atom stereocenters. The minimum Gasteiger partial charge on any atom is -0.422 e. The van der Waals surface area contributed by atoms with E-state index >= 15 is 0 Å². The number of para-hydroxylation sites is 1. The van der Waals surface area contributed by atoms with Crippen molar-refractivity contribution in [2.24, 2.45) is 5.41 Å². The third kappa shape index (κ3) is 6.18. The number of esters is 1. The molecule has 2 aromatic carbocycles. The van der Waals surface area contributed by atoms with Crippen LogP contribution in [0.15, 0.2) is 66.9 Å². The second-order valence-corrected chi connectivity index (χ2v) is 11.5. The molecule has 4 aromatic rings. The van der Waals surface area contributed by atoms with Crippen LogP contribution in [0, 0.1) is 12.3 Å². The first-order valence-corrected chi connectivity index (χ1v) is 12.4. The van der Waals surface area contributed by atoms with Gasteiger partial charge in [0.15, 0.2) is 0 Å². The lowest BCUT2D eigenvalue weighted by atomic mass is 9.82. The number of anilines is 1. The summed E-state index contributed by atoms with van der Waals surface area (Å²) in [5.74, 6) is 0.0502. The van der Waals surface area contributed by atoms with Crippen LogP contribution in [-0.4, -0.2) is 20.9 Å². The number of fused-ring (bicyclic) bond motifs is 1. The molecule has 0 aliphatic heterocycles. The van der Waals surface area contributed by atoms with Crippen LogP contribution in [0.1, 0.15) is 62.5 Å². The van der Waals surface area contributed by atoms with Crippen molar-refractivity contribution >= 4 is 17.4 Å². The van der Waals surface area contributed by atoms with Crippen molar-refractivity contribution in [1.82, 2.24) is 9.38 Å². The van der Waals surface area contributed by atoms with Crippen LogP contribution in [0.3, 0.4) is 0 Å². The maximum absolute atomic E-state index is 13.2. The van der Waals surface area contributed by atoms with Crippen LogP contribution < -0.4 is 10.1 Å². The summed E-state index contributed by atoms with van der Waals surface area (Å²) in [4.78, 5) is 17.8. The Morgan fingerprint density at radius 2 is 1.68 bits per heavy atom. The average Bonchev–Trinajstić information content (AvgIpc) is 3.13. The Bertz CT molecular complexity index is 1480. The summed E-state index contributed by atoms with van der Waals surface area (Å²) in [5, 5.41) is 3.66. The van der Waals surface area contributed by atoms with Crippen LogP contribution in [0.2, 0.25) is 0 Å². The minimum absolute atomic E-state index is 0.0616. The van der Waals surface area contributed by atoms with Crippen molar-refractivity contribution in [2.75, 3.05) is 5.32 Å². The fraction of sp³-hybridized carbons (Fsp3) is 0.333. The number of halogens is 3. The van der Waals surface area contributed by atoms with Crippen molar-refractivity contribution in [3.05, 3.63) is 83.6 Å². The Morgan fingerprint density at radius 3 is 2.37 bits per heavy atom. The second-order valence-electron chi connectivity index (χ2n) is 11.5. The Hall–Kier alpha value is -3.81. The van der Waals surface area contributed by atoms with Crippen molar-refractivity contribution in [3.8, 4) is 17.0 Å². The topological polar surface area (TPSA) is 55.6 Å². The Labute approximate surface area is 220 Å². The molecular weight excluding hydrogens is 491 g/mol. The van der Waals surface area contributed by atoms with E-state index in [1.807, 2.05) is 29.7 Å². The smallest absolute Gasteiger partial charge is 0.416 e. The summed E-state index contributed by atoms with van der Waals surface area (Å²) in [7, 11) is 0. The molecule has 0 aliphatic carbocycles. The fourth-order valence-electron chi connectivity index (χ4n) is 4.88. The first kappa shape index (κ1) is 27.2. The summed E-state index contributed by atoms with van der Waals surface area (Å²) >= 11 is 0. The second kappa shape index (κ2) is 9.82. The van der Waals surface area contributed by atoms with Crippen molar-refractivity contribution in [1.29, 1.82) is 0 Å². The predicted octanol–water partition coefficient (Wildman–Crippen LogP) is 8.17. The number of aryl methyl sites for hydroxylation is 1. The van der Waals surface area contributed by atoms with E-state index in [0.29, 0.717) is 16.9 Å². The van der Waals surface area contributed by atoms with Gasteiger partial charge >= 0.3 is 12.1 Å². The average molecular weight is 524 g/mol. The highest BCUT2D eigenvalue weighted by Crippen LogP contribution is 2.39. The van der Waals surface area contributed by atoms with Gasteiger partial charge in [-0.15, -0.1) is 0 Å². The zero-order valence-corrected chi connectivity index (χ0v) is 22.4. The SMILES string of the molecule is Cc1ccn2c(NC(C)(C)CC(C)(C)C)c(-c3ccccc3OC(=O)c3cccc(C(F)(F)F)c3)nc2c1. The number of benzene rings is 2. The van der Waals surface area contributed by atoms with Gasteiger partial charge in [0.25, 0.3) is 0 Å². The van der Waals surface area contributed by atoms with Gasteiger partial charge in [-0.25, -0.2) is 9.78 Å². The van der Waals surface area contributed by atoms with Gasteiger partial charge in [0.1, 0.15) is 22.9 Å². The largest absolute Gasteiger partial charge is 0.422 e. The number of imidazole rings is 1. The molecule has 0 fully saturated rings. The molecule has 4 rings (SSSR count). The normalized spacial score (nSPS) is 12.6. The number of hydrogen-bond donors (Lipinski definition) is 1. The molecule has 2 aromatic heterocycles. The van der Waals surface area contributed by atoms with Gasteiger partial charge in [-0.3, -0.25) is 4.40 Å². The molecular formula is C30H32F3N3O2. The van der Waals surface area contributed by atoms with Crippen LogP contribution >= 0.6 is 0 Å². The van der Waals surface area contributed by atoms with Gasteiger partial charge in [0.05, 0.1) is 11.1 Å². The molecule has 0 radical (unpaired) electrons. The minimum atomic E-state index is -4.57. The van der Waals surface area contributed by atoms with Gasteiger partial charge in [0, 0.05) is 17.3 Å². The number of nitrogens with one attached hydrogen (secondary N) is 1. The van der Waals surface area contributed by atoms with E-state index in [2.05, 4.69) is 39.9 Å². The van der Waals surface area contributed by atoms with Crippen LogP contribution in [0.5, 0.6) is 5.75 Å². The molecule has 0 saturated heterocycles. The lowest BCUT2D eigenvalue weighted by Gasteiger charge is -2.34. The number of hydrogen-bond acceptors (Lipinski definition) is 4. The Kier molecular flexibility index (Phi) is 7.03. The van der Waals surface area contributed by atoms with Crippen LogP contribution in [0.25, 0.3) is 16.9 Å². The van der Waals surface area contributed by atoms with Gasteiger partial charge in [-0.1, -0.05) is 39.0 Å². The summed E-state index contributed by atoms with van der Waals surface area (Å²) in [6, 6.07) is 15.0. The van der Waals surface area contributed by atoms with Crippen LogP contribution in [0.4, 0.5) is 19.0 Å². The van der Waals surface area contributed by atoms with Gasteiger partial charge < -0.3 is 10.1 Å². The molecule has 2 heterocycles.